The van der Waals surface area contributed by atoms with Gasteiger partial charge in [-0.15, -0.1) is 24.8 Å². The zero-order chi connectivity index (χ0) is 18.7. The second-order valence-corrected chi connectivity index (χ2v) is 6.00. The number of fused-ring (bicyclic) bond motifs is 1. The van der Waals surface area contributed by atoms with Crippen molar-refractivity contribution in [2.24, 2.45) is 5.73 Å². The van der Waals surface area contributed by atoms with Gasteiger partial charge in [0.1, 0.15) is 6.04 Å². The minimum absolute atomic E-state index is 0. The van der Waals surface area contributed by atoms with Crippen molar-refractivity contribution in [1.82, 2.24) is 10.2 Å². The lowest BCUT2D eigenvalue weighted by atomic mass is 10.0. The molecule has 1 aromatic carbocycles. The van der Waals surface area contributed by atoms with E-state index in [1.165, 1.54) is 0 Å². The summed E-state index contributed by atoms with van der Waals surface area (Å²) in [5.41, 5.74) is 6.33. The number of carbonyl (C=O) groups excluding carboxylic acids is 4. The van der Waals surface area contributed by atoms with E-state index in [0.29, 0.717) is 32.0 Å². The molecule has 0 bridgehead atoms. The van der Waals surface area contributed by atoms with Crippen LogP contribution in [0.4, 0.5) is 5.69 Å². The summed E-state index contributed by atoms with van der Waals surface area (Å²) in [6.45, 7) is 1.71. The molecule has 2 heterocycles. The second kappa shape index (κ2) is 10.4. The van der Waals surface area contributed by atoms with Gasteiger partial charge in [0.05, 0.1) is 24.3 Å². The molecular weight excluding hydrogens is 411 g/mol. The van der Waals surface area contributed by atoms with Gasteiger partial charge < -0.3 is 15.8 Å². The van der Waals surface area contributed by atoms with Crippen molar-refractivity contribution in [3.63, 3.8) is 0 Å². The molecule has 2 aliphatic heterocycles. The van der Waals surface area contributed by atoms with Gasteiger partial charge in [-0.2, -0.15) is 0 Å². The molecule has 3 rings (SSSR count). The Morgan fingerprint density at radius 3 is 2.57 bits per heavy atom. The Bertz CT molecular complexity index is 774. The van der Waals surface area contributed by atoms with Crippen molar-refractivity contribution in [2.75, 3.05) is 31.6 Å². The van der Waals surface area contributed by atoms with E-state index in [1.54, 1.807) is 18.2 Å². The molecule has 154 valence electrons. The third-order valence-corrected chi connectivity index (χ3v) is 4.29. The Morgan fingerprint density at radius 1 is 1.14 bits per heavy atom. The van der Waals surface area contributed by atoms with E-state index in [-0.39, 0.29) is 48.8 Å². The summed E-state index contributed by atoms with van der Waals surface area (Å²) in [5, 5.41) is 5.25. The average Bonchev–Trinajstić information content (AvgIpc) is 2.87. The zero-order valence-electron chi connectivity index (χ0n) is 14.9. The third kappa shape index (κ3) is 4.61. The fraction of sp³-hybridized carbons (Fsp3) is 0.412. The Balaban J connectivity index is 0.00000196. The van der Waals surface area contributed by atoms with E-state index >= 15 is 0 Å². The first kappa shape index (κ1) is 23.8. The number of amides is 4. The van der Waals surface area contributed by atoms with Gasteiger partial charge in [0.2, 0.25) is 11.8 Å². The number of carbonyl (C=O) groups is 4. The van der Waals surface area contributed by atoms with Crippen LogP contribution in [0.25, 0.3) is 0 Å². The number of halogens is 2. The second-order valence-electron chi connectivity index (χ2n) is 6.00. The van der Waals surface area contributed by atoms with Crippen LogP contribution >= 0.6 is 24.8 Å². The first-order valence-corrected chi connectivity index (χ1v) is 8.41. The van der Waals surface area contributed by atoms with E-state index < -0.39 is 29.7 Å². The minimum atomic E-state index is -0.971. The number of nitrogens with two attached hydrogens (primary N) is 1. The van der Waals surface area contributed by atoms with Crippen molar-refractivity contribution < 1.29 is 23.9 Å². The van der Waals surface area contributed by atoms with Crippen LogP contribution < -0.4 is 16.4 Å². The molecule has 28 heavy (non-hydrogen) atoms. The number of ether oxygens (including phenoxy) is 1. The molecule has 0 radical (unpaired) electrons. The number of hydrogen-bond acceptors (Lipinski definition) is 7. The van der Waals surface area contributed by atoms with Crippen LogP contribution in [0.15, 0.2) is 18.2 Å². The van der Waals surface area contributed by atoms with E-state index in [1.807, 2.05) is 0 Å². The summed E-state index contributed by atoms with van der Waals surface area (Å²) in [6, 6.07) is 3.94. The number of rotatable bonds is 7. The molecule has 0 aliphatic carbocycles. The maximum absolute atomic E-state index is 12.8. The maximum atomic E-state index is 12.8. The highest BCUT2D eigenvalue weighted by Crippen LogP contribution is 2.32. The zero-order valence-corrected chi connectivity index (χ0v) is 16.6. The number of nitrogens with one attached hydrogen (secondary N) is 2. The van der Waals surface area contributed by atoms with E-state index in [2.05, 4.69) is 10.6 Å². The van der Waals surface area contributed by atoms with E-state index in [4.69, 9.17) is 10.5 Å². The lowest BCUT2D eigenvalue weighted by Crippen LogP contribution is -2.54. The Hall–Kier alpha value is -2.20. The van der Waals surface area contributed by atoms with E-state index in [9.17, 15) is 19.2 Å². The normalized spacial score (nSPS) is 18.2. The van der Waals surface area contributed by atoms with Crippen LogP contribution in [-0.2, 0) is 14.3 Å². The van der Waals surface area contributed by atoms with Crippen LogP contribution in [0.5, 0.6) is 0 Å². The fourth-order valence-electron chi connectivity index (χ4n) is 3.11. The SMILES string of the molecule is Cl.Cl.NCCOCCNc1cccc2c1C(=O)N(C1CCC(=O)NC1=O)C2=O. The highest BCUT2D eigenvalue weighted by molar-refractivity contribution is 6.25. The van der Waals surface area contributed by atoms with Crippen LogP contribution in [-0.4, -0.2) is 60.9 Å². The summed E-state index contributed by atoms with van der Waals surface area (Å²) < 4.78 is 5.28. The largest absolute Gasteiger partial charge is 0.382 e. The van der Waals surface area contributed by atoms with Crippen molar-refractivity contribution >= 4 is 54.1 Å². The summed E-state index contributed by atoms with van der Waals surface area (Å²) in [6.07, 6.45) is 0.221. The standard InChI is InChI=1S/C17H20N4O5.2ClH/c18-6-8-26-9-7-19-11-3-1-2-10-14(11)17(25)21(16(10)24)12-4-5-13(22)20-15(12)23;;/h1-3,12,19H,4-9,18H2,(H,20,22,23);2*1H. The van der Waals surface area contributed by atoms with Gasteiger partial charge in [-0.3, -0.25) is 29.4 Å². The smallest absolute Gasteiger partial charge is 0.264 e. The molecule has 9 nitrogen and oxygen atoms in total. The van der Waals surface area contributed by atoms with Gasteiger partial charge in [0.15, 0.2) is 0 Å². The van der Waals surface area contributed by atoms with Crippen molar-refractivity contribution in [3.8, 4) is 0 Å². The molecule has 1 fully saturated rings. The Labute approximate surface area is 174 Å². The number of piperidine rings is 1. The third-order valence-electron chi connectivity index (χ3n) is 4.29. The average molecular weight is 433 g/mol. The van der Waals surface area contributed by atoms with Gasteiger partial charge in [0, 0.05) is 25.2 Å². The monoisotopic (exact) mass is 432 g/mol. The lowest BCUT2D eigenvalue weighted by Gasteiger charge is -2.27. The van der Waals surface area contributed by atoms with Crippen molar-refractivity contribution in [2.45, 2.75) is 18.9 Å². The predicted molar refractivity (Wildman–Crippen MR) is 106 cm³/mol. The highest BCUT2D eigenvalue weighted by atomic mass is 35.5. The van der Waals surface area contributed by atoms with Gasteiger partial charge in [0.25, 0.3) is 11.8 Å². The fourth-order valence-corrected chi connectivity index (χ4v) is 3.11. The Morgan fingerprint density at radius 2 is 1.89 bits per heavy atom. The molecule has 1 unspecified atom stereocenters. The van der Waals surface area contributed by atoms with Gasteiger partial charge in [-0.1, -0.05) is 6.07 Å². The molecule has 1 saturated heterocycles. The van der Waals surface area contributed by atoms with E-state index in [0.717, 1.165) is 4.90 Å². The van der Waals surface area contributed by atoms with Crippen LogP contribution in [0.1, 0.15) is 33.6 Å². The summed E-state index contributed by atoms with van der Waals surface area (Å²) in [4.78, 5) is 49.8. The van der Waals surface area contributed by atoms with Gasteiger partial charge >= 0.3 is 0 Å². The van der Waals surface area contributed by atoms with Crippen LogP contribution in [0, 0.1) is 0 Å². The number of hydrogen-bond donors (Lipinski definition) is 3. The molecule has 11 heteroatoms. The number of anilines is 1. The van der Waals surface area contributed by atoms with Crippen LogP contribution in [0.2, 0.25) is 0 Å². The molecular formula is C17H22Cl2N4O5. The predicted octanol–water partition coefficient (Wildman–Crippen LogP) is 0.319. The molecule has 4 N–H and O–H groups in total. The molecule has 0 saturated carbocycles. The Kier molecular flexibility index (Phi) is 8.83. The maximum Gasteiger partial charge on any atom is 0.264 e. The first-order chi connectivity index (χ1) is 12.5. The minimum Gasteiger partial charge on any atom is -0.382 e. The molecule has 1 aromatic rings. The molecule has 2 aliphatic rings. The molecule has 0 aromatic heterocycles. The summed E-state index contributed by atoms with van der Waals surface area (Å²) in [7, 11) is 0. The lowest BCUT2D eigenvalue weighted by molar-refractivity contribution is -0.136. The summed E-state index contributed by atoms with van der Waals surface area (Å²) in [5.74, 6) is -2.09. The number of imide groups is 2. The molecule has 1 atom stereocenters. The quantitative estimate of drug-likeness (QED) is 0.417. The molecule has 0 spiro atoms. The van der Waals surface area contributed by atoms with Gasteiger partial charge in [-0.25, -0.2) is 0 Å². The number of benzene rings is 1. The summed E-state index contributed by atoms with van der Waals surface area (Å²) >= 11 is 0. The van der Waals surface area contributed by atoms with Crippen molar-refractivity contribution in [3.05, 3.63) is 29.3 Å². The molecule has 4 amide bonds. The highest BCUT2D eigenvalue weighted by Gasteiger charge is 2.45. The first-order valence-electron chi connectivity index (χ1n) is 8.41. The topological polar surface area (TPSA) is 131 Å². The number of nitrogens with zero attached hydrogens (tertiary/aromatic N) is 1. The van der Waals surface area contributed by atoms with Crippen molar-refractivity contribution in [1.29, 1.82) is 0 Å². The van der Waals surface area contributed by atoms with Crippen LogP contribution in [0.3, 0.4) is 0 Å². The van der Waals surface area contributed by atoms with Gasteiger partial charge in [-0.05, 0) is 18.6 Å².